The molecule has 0 amide bonds. The molecule has 6 nitrogen and oxygen atoms in total. The van der Waals surface area contributed by atoms with Gasteiger partial charge in [0.2, 0.25) is 5.43 Å². The third-order valence-corrected chi connectivity index (χ3v) is 7.15. The van der Waals surface area contributed by atoms with Gasteiger partial charge in [-0.1, -0.05) is 0 Å². The number of hydrogen-bond donors (Lipinski definition) is 2. The van der Waals surface area contributed by atoms with Crippen molar-refractivity contribution < 1.29 is 14.6 Å². The van der Waals surface area contributed by atoms with Gasteiger partial charge in [-0.25, -0.2) is 4.79 Å². The molecular formula is C22H22N2O4S. The normalized spacial score (nSPS) is 18.6. The van der Waals surface area contributed by atoms with E-state index in [9.17, 15) is 14.7 Å². The predicted molar refractivity (Wildman–Crippen MR) is 113 cm³/mol. The fraction of sp³-hybridized carbons (Fsp3) is 0.364. The second-order valence-electron chi connectivity index (χ2n) is 7.92. The number of nitrogens with two attached hydrogens (primary N) is 1. The zero-order valence-electron chi connectivity index (χ0n) is 16.1. The molecule has 5 rings (SSSR count). The Morgan fingerprint density at radius 3 is 2.79 bits per heavy atom. The third-order valence-electron chi connectivity index (χ3n) is 5.92. The Bertz CT molecular complexity index is 1210. The van der Waals surface area contributed by atoms with Crippen LogP contribution in [0, 0.1) is 0 Å². The smallest absolute Gasteiger partial charge is 0.341 e. The van der Waals surface area contributed by atoms with Crippen molar-refractivity contribution in [1.82, 2.24) is 4.57 Å². The second kappa shape index (κ2) is 6.71. The van der Waals surface area contributed by atoms with E-state index in [-0.39, 0.29) is 17.6 Å². The molecule has 1 fully saturated rings. The molecule has 0 bridgehead atoms. The molecule has 2 aromatic heterocycles. The number of aromatic nitrogens is 1. The number of hydrogen-bond acceptors (Lipinski definition) is 5. The molecule has 150 valence electrons. The quantitative estimate of drug-likeness (QED) is 0.685. The summed E-state index contributed by atoms with van der Waals surface area (Å²) >= 11 is 1.73. The van der Waals surface area contributed by atoms with Crippen molar-refractivity contribution in [3.63, 3.8) is 0 Å². The van der Waals surface area contributed by atoms with Gasteiger partial charge >= 0.3 is 5.97 Å². The number of ether oxygens (including phenoxy) is 1. The third kappa shape index (κ3) is 2.96. The molecule has 3 aromatic rings. The van der Waals surface area contributed by atoms with Crippen LogP contribution in [0.2, 0.25) is 0 Å². The van der Waals surface area contributed by atoms with Gasteiger partial charge < -0.3 is 20.1 Å². The van der Waals surface area contributed by atoms with Crippen LogP contribution in [0.5, 0.6) is 5.75 Å². The molecular weight excluding hydrogens is 388 g/mol. The van der Waals surface area contributed by atoms with Gasteiger partial charge in [-0.3, -0.25) is 4.79 Å². The lowest BCUT2D eigenvalue weighted by atomic mass is 9.95. The summed E-state index contributed by atoms with van der Waals surface area (Å²) in [6, 6.07) is 6.24. The molecule has 1 saturated carbocycles. The van der Waals surface area contributed by atoms with Gasteiger partial charge in [-0.2, -0.15) is 0 Å². The van der Waals surface area contributed by atoms with E-state index in [0.29, 0.717) is 16.7 Å². The first-order valence-electron chi connectivity index (χ1n) is 9.84. The van der Waals surface area contributed by atoms with Crippen LogP contribution in [-0.4, -0.2) is 28.8 Å². The van der Waals surface area contributed by atoms with Gasteiger partial charge in [0, 0.05) is 33.6 Å². The van der Waals surface area contributed by atoms with E-state index in [1.54, 1.807) is 24.5 Å². The molecule has 2 heterocycles. The van der Waals surface area contributed by atoms with E-state index in [0.717, 1.165) is 42.5 Å². The number of carboxylic acids is 1. The van der Waals surface area contributed by atoms with E-state index in [2.05, 4.69) is 6.07 Å². The highest BCUT2D eigenvalue weighted by Gasteiger charge is 2.29. The molecule has 0 spiro atoms. The van der Waals surface area contributed by atoms with Gasteiger partial charge in [-0.15, -0.1) is 11.3 Å². The zero-order chi connectivity index (χ0) is 20.3. The standard InChI is InChI=1S/C22H22N2O4S/c1-28-21-14(18-8-11-2-3-12(23)9-17(11)29-18)6-7-15-19(21)24(13-4-5-13)10-16(20(15)25)22(26)27/h6-8,10,12-13H,2-5,9,23H2,1H3,(H,26,27). The van der Waals surface area contributed by atoms with Crippen LogP contribution in [0.15, 0.2) is 29.2 Å². The maximum absolute atomic E-state index is 12.8. The number of aromatic carboxylic acids is 1. The predicted octanol–water partition coefficient (Wildman–Crippen LogP) is 3.59. The van der Waals surface area contributed by atoms with E-state index >= 15 is 0 Å². The van der Waals surface area contributed by atoms with Crippen molar-refractivity contribution in [3.8, 4) is 16.2 Å². The van der Waals surface area contributed by atoms with Crippen molar-refractivity contribution >= 4 is 28.2 Å². The second-order valence-corrected chi connectivity index (χ2v) is 9.06. The summed E-state index contributed by atoms with van der Waals surface area (Å²) in [7, 11) is 1.61. The number of thiophene rings is 1. The topological polar surface area (TPSA) is 94.6 Å². The van der Waals surface area contributed by atoms with Gasteiger partial charge in [0.05, 0.1) is 18.0 Å². The summed E-state index contributed by atoms with van der Waals surface area (Å²) in [6.07, 6.45) is 6.29. The van der Waals surface area contributed by atoms with Crippen molar-refractivity contribution in [2.45, 2.75) is 44.2 Å². The van der Waals surface area contributed by atoms with Crippen LogP contribution < -0.4 is 15.9 Å². The highest BCUT2D eigenvalue weighted by atomic mass is 32.1. The summed E-state index contributed by atoms with van der Waals surface area (Å²) < 4.78 is 7.74. The summed E-state index contributed by atoms with van der Waals surface area (Å²) in [6.45, 7) is 0. The van der Waals surface area contributed by atoms with Gasteiger partial charge in [-0.05, 0) is 55.9 Å². The first-order valence-corrected chi connectivity index (χ1v) is 10.7. The Morgan fingerprint density at radius 1 is 1.31 bits per heavy atom. The molecule has 0 aliphatic heterocycles. The van der Waals surface area contributed by atoms with Crippen LogP contribution in [0.1, 0.15) is 46.1 Å². The van der Waals surface area contributed by atoms with E-state index in [1.807, 2.05) is 10.6 Å². The van der Waals surface area contributed by atoms with E-state index in [4.69, 9.17) is 10.5 Å². The number of aryl methyl sites for hydroxylation is 1. The Morgan fingerprint density at radius 2 is 2.10 bits per heavy atom. The number of pyridine rings is 1. The van der Waals surface area contributed by atoms with Crippen LogP contribution in [0.25, 0.3) is 21.3 Å². The number of rotatable bonds is 4. The lowest BCUT2D eigenvalue weighted by Crippen LogP contribution is -2.26. The lowest BCUT2D eigenvalue weighted by molar-refractivity contribution is 0.0695. The van der Waals surface area contributed by atoms with E-state index < -0.39 is 11.4 Å². The molecule has 0 radical (unpaired) electrons. The van der Waals surface area contributed by atoms with Crippen LogP contribution in [0.3, 0.4) is 0 Å². The number of carbonyl (C=O) groups is 1. The summed E-state index contributed by atoms with van der Waals surface area (Å²) in [5, 5.41) is 9.86. The number of methoxy groups -OCH3 is 1. The molecule has 29 heavy (non-hydrogen) atoms. The van der Waals surface area contributed by atoms with Crippen LogP contribution in [0.4, 0.5) is 0 Å². The Hall–Kier alpha value is -2.64. The zero-order valence-corrected chi connectivity index (χ0v) is 16.9. The van der Waals surface area contributed by atoms with Crippen LogP contribution in [-0.2, 0) is 12.8 Å². The molecule has 1 unspecified atom stereocenters. The summed E-state index contributed by atoms with van der Waals surface area (Å²) in [4.78, 5) is 26.8. The van der Waals surface area contributed by atoms with Gasteiger partial charge in [0.15, 0.2) is 5.75 Å². The van der Waals surface area contributed by atoms with Crippen molar-refractivity contribution in [2.24, 2.45) is 5.73 Å². The van der Waals surface area contributed by atoms with Gasteiger partial charge in [0.1, 0.15) is 5.56 Å². The van der Waals surface area contributed by atoms with Crippen LogP contribution >= 0.6 is 11.3 Å². The number of carboxylic acid groups (broad SMARTS) is 1. The average molecular weight is 410 g/mol. The number of nitrogens with zero attached hydrogens (tertiary/aromatic N) is 1. The van der Waals surface area contributed by atoms with Gasteiger partial charge in [0.25, 0.3) is 0 Å². The van der Waals surface area contributed by atoms with Crippen molar-refractivity contribution in [1.29, 1.82) is 0 Å². The SMILES string of the molecule is COc1c(-c2cc3c(s2)CC(N)CC3)ccc2c(=O)c(C(=O)O)cn(C3CC3)c12. The Balaban J connectivity index is 1.77. The highest BCUT2D eigenvalue weighted by molar-refractivity contribution is 7.15. The largest absolute Gasteiger partial charge is 0.494 e. The molecule has 7 heteroatoms. The average Bonchev–Trinajstić information content (AvgIpc) is 3.46. The van der Waals surface area contributed by atoms with Crippen molar-refractivity contribution in [3.05, 3.63) is 50.6 Å². The highest BCUT2D eigenvalue weighted by Crippen LogP contribution is 2.45. The molecule has 2 aliphatic rings. The minimum absolute atomic E-state index is 0.195. The summed E-state index contributed by atoms with van der Waals surface area (Å²) in [5.74, 6) is -0.567. The summed E-state index contributed by atoms with van der Waals surface area (Å²) in [5.41, 5.74) is 8.44. The number of fused-ring (bicyclic) bond motifs is 2. The Labute approximate surface area is 171 Å². The molecule has 3 N–H and O–H groups in total. The molecule has 1 atom stereocenters. The molecule has 1 aromatic carbocycles. The van der Waals surface area contributed by atoms with Crippen molar-refractivity contribution in [2.75, 3.05) is 7.11 Å². The minimum atomic E-state index is -1.20. The Kier molecular flexibility index (Phi) is 4.26. The first-order chi connectivity index (χ1) is 14.0. The van der Waals surface area contributed by atoms with E-state index in [1.165, 1.54) is 16.6 Å². The number of benzene rings is 1. The fourth-order valence-electron chi connectivity index (χ4n) is 4.28. The maximum atomic E-state index is 12.8. The first kappa shape index (κ1) is 18.4. The maximum Gasteiger partial charge on any atom is 0.341 e. The molecule has 2 aliphatic carbocycles. The molecule has 0 saturated heterocycles. The fourth-order valence-corrected chi connectivity index (χ4v) is 5.60. The minimum Gasteiger partial charge on any atom is -0.494 e. The monoisotopic (exact) mass is 410 g/mol. The lowest BCUT2D eigenvalue weighted by Gasteiger charge is -2.17.